The van der Waals surface area contributed by atoms with Crippen molar-refractivity contribution >= 4 is 0 Å². The van der Waals surface area contributed by atoms with Gasteiger partial charge in [-0.3, -0.25) is 0 Å². The van der Waals surface area contributed by atoms with Gasteiger partial charge in [-0.15, -0.1) is 0 Å². The zero-order chi connectivity index (χ0) is 19.1. The summed E-state index contributed by atoms with van der Waals surface area (Å²) < 4.78 is 0. The SMILES string of the molecule is CCCCCc1cc(C)cc(-c2cc(C)cc(CCCCC)c2O)c1O. The molecule has 2 aromatic rings. The Morgan fingerprint density at radius 3 is 1.35 bits per heavy atom. The molecule has 2 rings (SSSR count). The van der Waals surface area contributed by atoms with Gasteiger partial charge in [0.15, 0.2) is 0 Å². The van der Waals surface area contributed by atoms with Crippen LogP contribution < -0.4 is 0 Å². The zero-order valence-corrected chi connectivity index (χ0v) is 16.9. The molecule has 0 aliphatic heterocycles. The Balaban J connectivity index is 2.43. The minimum Gasteiger partial charge on any atom is -0.507 e. The van der Waals surface area contributed by atoms with E-state index in [-0.39, 0.29) is 0 Å². The summed E-state index contributed by atoms with van der Waals surface area (Å²) in [7, 11) is 0. The Bertz CT molecular complexity index is 668. The number of phenolic OH excluding ortho intramolecular Hbond substituents is 2. The second-order valence-corrected chi connectivity index (χ2v) is 7.55. The number of aryl methyl sites for hydroxylation is 4. The molecule has 0 bridgehead atoms. The van der Waals surface area contributed by atoms with Crippen LogP contribution in [-0.4, -0.2) is 10.2 Å². The van der Waals surface area contributed by atoms with Crippen LogP contribution in [-0.2, 0) is 12.8 Å². The normalized spacial score (nSPS) is 11.1. The van der Waals surface area contributed by atoms with Crippen molar-refractivity contribution in [3.05, 3.63) is 46.5 Å². The second-order valence-electron chi connectivity index (χ2n) is 7.55. The lowest BCUT2D eigenvalue weighted by atomic mass is 9.92. The van der Waals surface area contributed by atoms with Crippen molar-refractivity contribution in [2.75, 3.05) is 0 Å². The molecule has 142 valence electrons. The molecule has 0 radical (unpaired) electrons. The van der Waals surface area contributed by atoms with Gasteiger partial charge < -0.3 is 10.2 Å². The van der Waals surface area contributed by atoms with Gasteiger partial charge in [-0.2, -0.15) is 0 Å². The summed E-state index contributed by atoms with van der Waals surface area (Å²) in [5.74, 6) is 0.652. The number of hydrogen-bond donors (Lipinski definition) is 2. The van der Waals surface area contributed by atoms with Crippen molar-refractivity contribution in [1.82, 2.24) is 0 Å². The van der Waals surface area contributed by atoms with Gasteiger partial charge >= 0.3 is 0 Å². The predicted molar refractivity (Wildman–Crippen MR) is 111 cm³/mol. The maximum atomic E-state index is 10.9. The summed E-state index contributed by atoms with van der Waals surface area (Å²) in [6, 6.07) is 8.12. The predicted octanol–water partition coefficient (Wildman–Crippen LogP) is 6.85. The fourth-order valence-electron chi connectivity index (χ4n) is 3.63. The van der Waals surface area contributed by atoms with E-state index in [1.54, 1.807) is 0 Å². The molecule has 0 aromatic heterocycles. The molecule has 0 amide bonds. The number of unbranched alkanes of at least 4 members (excludes halogenated alkanes) is 4. The van der Waals surface area contributed by atoms with Crippen molar-refractivity contribution < 1.29 is 10.2 Å². The van der Waals surface area contributed by atoms with E-state index in [0.717, 1.165) is 59.1 Å². The van der Waals surface area contributed by atoms with Gasteiger partial charge in [0.2, 0.25) is 0 Å². The zero-order valence-electron chi connectivity index (χ0n) is 16.9. The van der Waals surface area contributed by atoms with Gasteiger partial charge in [0.05, 0.1) is 0 Å². The molecule has 0 saturated heterocycles. The number of benzene rings is 2. The maximum Gasteiger partial charge on any atom is 0.126 e. The van der Waals surface area contributed by atoms with E-state index in [0.29, 0.717) is 11.5 Å². The molecule has 0 atom stereocenters. The fraction of sp³-hybridized carbons (Fsp3) is 0.500. The second kappa shape index (κ2) is 9.66. The molecule has 26 heavy (non-hydrogen) atoms. The first-order valence-electron chi connectivity index (χ1n) is 10.1. The number of aromatic hydroxyl groups is 2. The van der Waals surface area contributed by atoms with Crippen LogP contribution in [0.25, 0.3) is 11.1 Å². The average Bonchev–Trinajstić information content (AvgIpc) is 2.60. The summed E-state index contributed by atoms with van der Waals surface area (Å²) >= 11 is 0. The summed E-state index contributed by atoms with van der Waals surface area (Å²) in [5, 5.41) is 21.8. The van der Waals surface area contributed by atoms with Crippen LogP contribution in [0.2, 0.25) is 0 Å². The first-order chi connectivity index (χ1) is 12.5. The Labute approximate surface area is 158 Å². The average molecular weight is 355 g/mol. The summed E-state index contributed by atoms with van der Waals surface area (Å²) in [6.45, 7) is 8.49. The van der Waals surface area contributed by atoms with Crippen molar-refractivity contribution in [3.63, 3.8) is 0 Å². The van der Waals surface area contributed by atoms with E-state index < -0.39 is 0 Å². The number of rotatable bonds is 9. The van der Waals surface area contributed by atoms with E-state index in [4.69, 9.17) is 0 Å². The number of hydrogen-bond acceptors (Lipinski definition) is 2. The van der Waals surface area contributed by atoms with Gasteiger partial charge in [-0.1, -0.05) is 51.7 Å². The third-order valence-electron chi connectivity index (χ3n) is 5.06. The third-order valence-corrected chi connectivity index (χ3v) is 5.06. The summed E-state index contributed by atoms with van der Waals surface area (Å²) in [4.78, 5) is 0. The highest BCUT2D eigenvalue weighted by Gasteiger charge is 2.16. The third kappa shape index (κ3) is 5.03. The van der Waals surface area contributed by atoms with E-state index in [1.165, 1.54) is 25.7 Å². The monoisotopic (exact) mass is 354 g/mol. The Kier molecular flexibility index (Phi) is 7.56. The molecule has 2 aromatic carbocycles. The van der Waals surface area contributed by atoms with Crippen LogP contribution in [0.5, 0.6) is 11.5 Å². The summed E-state index contributed by atoms with van der Waals surface area (Å²) in [6.07, 6.45) is 8.58. The van der Waals surface area contributed by atoms with Crippen molar-refractivity contribution in [1.29, 1.82) is 0 Å². The number of phenols is 2. The topological polar surface area (TPSA) is 40.5 Å². The van der Waals surface area contributed by atoms with Gasteiger partial charge in [0, 0.05) is 11.1 Å². The van der Waals surface area contributed by atoms with Crippen molar-refractivity contribution in [2.24, 2.45) is 0 Å². The molecule has 0 unspecified atom stereocenters. The first-order valence-corrected chi connectivity index (χ1v) is 10.1. The lowest BCUT2D eigenvalue weighted by Crippen LogP contribution is -1.95. The highest BCUT2D eigenvalue weighted by atomic mass is 16.3. The fourth-order valence-corrected chi connectivity index (χ4v) is 3.63. The van der Waals surface area contributed by atoms with Crippen molar-refractivity contribution in [3.8, 4) is 22.6 Å². The van der Waals surface area contributed by atoms with Crippen LogP contribution in [0.4, 0.5) is 0 Å². The Hall–Kier alpha value is -1.96. The Morgan fingerprint density at radius 2 is 1.00 bits per heavy atom. The van der Waals surface area contributed by atoms with Crippen LogP contribution in [0.3, 0.4) is 0 Å². The molecule has 0 saturated carbocycles. The molecule has 0 fully saturated rings. The molecule has 0 aliphatic rings. The molecular weight excluding hydrogens is 320 g/mol. The molecule has 2 N–H and O–H groups in total. The first kappa shape index (κ1) is 20.4. The van der Waals surface area contributed by atoms with E-state index in [9.17, 15) is 10.2 Å². The molecule has 0 spiro atoms. The molecule has 0 heterocycles. The molecule has 2 heteroatoms. The minimum absolute atomic E-state index is 0.326. The molecule has 2 nitrogen and oxygen atoms in total. The lowest BCUT2D eigenvalue weighted by molar-refractivity contribution is 0.460. The van der Waals surface area contributed by atoms with E-state index in [2.05, 4.69) is 39.8 Å². The quantitative estimate of drug-likeness (QED) is 0.484. The van der Waals surface area contributed by atoms with Gasteiger partial charge in [-0.05, 0) is 73.9 Å². The lowest BCUT2D eigenvalue weighted by Gasteiger charge is -2.16. The van der Waals surface area contributed by atoms with E-state index in [1.807, 2.05) is 12.1 Å². The molecular formula is C24H34O2. The standard InChI is InChI=1S/C24H34O2/c1-5-7-9-11-19-13-17(3)15-21(23(19)25)22-16-18(4)14-20(24(22)26)12-10-8-6-2/h13-16,25-26H,5-12H2,1-4H3. The van der Waals surface area contributed by atoms with Crippen LogP contribution in [0.1, 0.15) is 74.6 Å². The van der Waals surface area contributed by atoms with E-state index >= 15 is 0 Å². The minimum atomic E-state index is 0.326. The Morgan fingerprint density at radius 1 is 0.615 bits per heavy atom. The largest absolute Gasteiger partial charge is 0.507 e. The van der Waals surface area contributed by atoms with Crippen molar-refractivity contribution in [2.45, 2.75) is 79.1 Å². The smallest absolute Gasteiger partial charge is 0.126 e. The maximum absolute atomic E-state index is 10.9. The van der Waals surface area contributed by atoms with Crippen LogP contribution in [0, 0.1) is 13.8 Å². The molecule has 0 aliphatic carbocycles. The highest BCUT2D eigenvalue weighted by Crippen LogP contribution is 2.41. The van der Waals surface area contributed by atoms with Crippen LogP contribution >= 0.6 is 0 Å². The van der Waals surface area contributed by atoms with Crippen LogP contribution in [0.15, 0.2) is 24.3 Å². The van der Waals surface area contributed by atoms with Gasteiger partial charge in [-0.25, -0.2) is 0 Å². The van der Waals surface area contributed by atoms with Gasteiger partial charge in [0.25, 0.3) is 0 Å². The van der Waals surface area contributed by atoms with Gasteiger partial charge in [0.1, 0.15) is 11.5 Å². The highest BCUT2D eigenvalue weighted by molar-refractivity contribution is 5.79. The summed E-state index contributed by atoms with van der Waals surface area (Å²) in [5.41, 5.74) is 5.74.